The third-order valence-electron chi connectivity index (χ3n) is 3.65. The van der Waals surface area contributed by atoms with Crippen molar-refractivity contribution in [3.05, 3.63) is 58.1 Å². The lowest BCUT2D eigenvalue weighted by Gasteiger charge is -2.12. The van der Waals surface area contributed by atoms with Crippen LogP contribution in [0.5, 0.6) is 0 Å². The Kier molecular flexibility index (Phi) is 4.67. The number of pyridine rings is 1. The molecule has 6 nitrogen and oxygen atoms in total. The second-order valence-electron chi connectivity index (χ2n) is 5.83. The van der Waals surface area contributed by atoms with Gasteiger partial charge in [-0.2, -0.15) is 0 Å². The van der Waals surface area contributed by atoms with E-state index in [2.05, 4.69) is 20.6 Å². The summed E-state index contributed by atoms with van der Waals surface area (Å²) in [7, 11) is 0. The Morgan fingerprint density at radius 3 is 2.56 bits per heavy atom. The van der Waals surface area contributed by atoms with Crippen molar-refractivity contribution in [2.24, 2.45) is 0 Å². The lowest BCUT2D eigenvalue weighted by atomic mass is 10.1. The summed E-state index contributed by atoms with van der Waals surface area (Å²) in [6, 6.07) is 9.39. The normalized spacial score (nSPS) is 10.5. The zero-order valence-corrected chi connectivity index (χ0v) is 15.1. The van der Waals surface area contributed by atoms with Gasteiger partial charge in [-0.1, -0.05) is 35.1 Å². The molecule has 1 aromatic carbocycles. The molecule has 7 heteroatoms. The van der Waals surface area contributed by atoms with Crippen LogP contribution in [0.2, 0.25) is 0 Å². The maximum Gasteiger partial charge on any atom is 0.267 e. The average Bonchev–Trinajstić information content (AvgIpc) is 2.99. The fourth-order valence-electron chi connectivity index (χ4n) is 2.62. The maximum absolute atomic E-state index is 12.5. The van der Waals surface area contributed by atoms with E-state index in [0.717, 1.165) is 16.8 Å². The van der Waals surface area contributed by atoms with E-state index in [0.29, 0.717) is 21.6 Å². The van der Waals surface area contributed by atoms with Crippen LogP contribution in [0.1, 0.15) is 26.4 Å². The molecule has 0 bridgehead atoms. The number of aryl methyl sites for hydroxylation is 3. The molecule has 1 amide bonds. The van der Waals surface area contributed by atoms with Crippen molar-refractivity contribution in [1.82, 2.24) is 9.97 Å². The summed E-state index contributed by atoms with van der Waals surface area (Å²) in [4.78, 5) is 21.4. The number of hydrogen-bond acceptors (Lipinski definition) is 6. The minimum atomic E-state index is -0.180. The fourth-order valence-corrected chi connectivity index (χ4v) is 3.34. The van der Waals surface area contributed by atoms with Gasteiger partial charge in [0, 0.05) is 5.69 Å². The van der Waals surface area contributed by atoms with Crippen LogP contribution < -0.4 is 16.4 Å². The molecular formula is C18H19N5OS. The van der Waals surface area contributed by atoms with Crippen LogP contribution in [-0.2, 0) is 0 Å². The van der Waals surface area contributed by atoms with E-state index >= 15 is 0 Å². The van der Waals surface area contributed by atoms with Crippen molar-refractivity contribution in [3.63, 3.8) is 0 Å². The topological polar surface area (TPSA) is 92.9 Å². The van der Waals surface area contributed by atoms with Crippen molar-refractivity contribution in [2.75, 3.05) is 16.4 Å². The van der Waals surface area contributed by atoms with Crippen LogP contribution in [0.4, 0.5) is 22.5 Å². The lowest BCUT2D eigenvalue weighted by Crippen LogP contribution is -2.12. The van der Waals surface area contributed by atoms with E-state index in [1.54, 1.807) is 24.4 Å². The van der Waals surface area contributed by atoms with Crippen LogP contribution in [0.3, 0.4) is 0 Å². The van der Waals surface area contributed by atoms with E-state index < -0.39 is 0 Å². The van der Waals surface area contributed by atoms with Gasteiger partial charge < -0.3 is 16.4 Å². The van der Waals surface area contributed by atoms with E-state index in [1.165, 1.54) is 16.9 Å². The maximum atomic E-state index is 12.5. The second-order valence-corrected chi connectivity index (χ2v) is 6.86. The van der Waals surface area contributed by atoms with Gasteiger partial charge in [0.15, 0.2) is 5.13 Å². The number of carbonyl (C=O) groups excluding carboxylic acids is 1. The molecule has 2 heterocycles. The molecule has 4 N–H and O–H groups in total. The molecule has 0 aliphatic heterocycles. The van der Waals surface area contributed by atoms with Gasteiger partial charge in [0.25, 0.3) is 5.91 Å². The number of thiazole rings is 1. The number of amides is 1. The van der Waals surface area contributed by atoms with Crippen LogP contribution in [0.25, 0.3) is 0 Å². The predicted molar refractivity (Wildman–Crippen MR) is 103 cm³/mol. The molecule has 0 spiro atoms. The number of nitrogens with one attached hydrogen (secondary N) is 2. The molecule has 0 fully saturated rings. The van der Waals surface area contributed by atoms with Crippen molar-refractivity contribution in [3.8, 4) is 0 Å². The molecule has 3 aromatic rings. The highest BCUT2D eigenvalue weighted by molar-refractivity contribution is 7.17. The number of anilines is 4. The minimum Gasteiger partial charge on any atom is -0.384 e. The molecule has 0 radical (unpaired) electrons. The van der Waals surface area contributed by atoms with E-state index in [-0.39, 0.29) is 5.91 Å². The SMILES string of the molecule is Cc1cc(C)c(NC(=O)c2cnc(Nc3cccc(N)n3)s2)c(C)c1. The van der Waals surface area contributed by atoms with Crippen LogP contribution >= 0.6 is 11.3 Å². The Labute approximate surface area is 150 Å². The van der Waals surface area contributed by atoms with Gasteiger partial charge in [-0.15, -0.1) is 0 Å². The molecule has 0 aliphatic rings. The van der Waals surface area contributed by atoms with Crippen molar-refractivity contribution in [1.29, 1.82) is 0 Å². The zero-order valence-electron chi connectivity index (χ0n) is 14.3. The number of rotatable bonds is 4. The summed E-state index contributed by atoms with van der Waals surface area (Å²) < 4.78 is 0. The first-order valence-corrected chi connectivity index (χ1v) is 8.58. The van der Waals surface area contributed by atoms with Gasteiger partial charge >= 0.3 is 0 Å². The molecule has 2 aromatic heterocycles. The molecule has 0 atom stereocenters. The first-order valence-electron chi connectivity index (χ1n) is 7.77. The summed E-state index contributed by atoms with van der Waals surface area (Å²) in [5.74, 6) is 0.831. The predicted octanol–water partition coefficient (Wildman–Crippen LogP) is 4.04. The highest BCUT2D eigenvalue weighted by Gasteiger charge is 2.14. The molecule has 0 aliphatic carbocycles. The van der Waals surface area contributed by atoms with Gasteiger partial charge in [0.05, 0.1) is 6.20 Å². The van der Waals surface area contributed by atoms with E-state index in [4.69, 9.17) is 5.73 Å². The smallest absolute Gasteiger partial charge is 0.267 e. The van der Waals surface area contributed by atoms with Crippen molar-refractivity contribution >= 4 is 39.7 Å². The first-order chi connectivity index (χ1) is 11.9. The van der Waals surface area contributed by atoms with Gasteiger partial charge in [0.2, 0.25) is 0 Å². The highest BCUT2D eigenvalue weighted by atomic mass is 32.1. The van der Waals surface area contributed by atoms with E-state index in [9.17, 15) is 4.79 Å². The molecule has 0 saturated heterocycles. The van der Waals surface area contributed by atoms with Gasteiger partial charge in [-0.3, -0.25) is 4.79 Å². The first kappa shape index (κ1) is 16.9. The van der Waals surface area contributed by atoms with Gasteiger partial charge in [0.1, 0.15) is 16.5 Å². The van der Waals surface area contributed by atoms with E-state index in [1.807, 2.05) is 32.9 Å². The number of aromatic nitrogens is 2. The Balaban J connectivity index is 1.75. The average molecular weight is 353 g/mol. The van der Waals surface area contributed by atoms with Gasteiger partial charge in [-0.05, 0) is 44.0 Å². The van der Waals surface area contributed by atoms with Crippen LogP contribution in [-0.4, -0.2) is 15.9 Å². The number of nitrogens with two attached hydrogens (primary N) is 1. The summed E-state index contributed by atoms with van der Waals surface area (Å²) in [5.41, 5.74) is 9.75. The fraction of sp³-hybridized carbons (Fsp3) is 0.167. The Morgan fingerprint density at radius 1 is 1.16 bits per heavy atom. The highest BCUT2D eigenvalue weighted by Crippen LogP contribution is 2.26. The summed E-state index contributed by atoms with van der Waals surface area (Å²) in [6.45, 7) is 6.01. The Hall–Kier alpha value is -2.93. The number of hydrogen-bond donors (Lipinski definition) is 3. The summed E-state index contributed by atoms with van der Waals surface area (Å²) in [6.07, 6.45) is 1.55. The van der Waals surface area contributed by atoms with Crippen molar-refractivity contribution < 1.29 is 4.79 Å². The molecule has 3 rings (SSSR count). The Bertz CT molecular complexity index is 912. The van der Waals surface area contributed by atoms with Crippen LogP contribution in [0, 0.1) is 20.8 Å². The number of benzene rings is 1. The third kappa shape index (κ3) is 3.95. The van der Waals surface area contributed by atoms with Gasteiger partial charge in [-0.25, -0.2) is 9.97 Å². The van der Waals surface area contributed by atoms with Crippen LogP contribution in [0.15, 0.2) is 36.5 Å². The number of carbonyl (C=O) groups is 1. The zero-order chi connectivity index (χ0) is 18.0. The minimum absolute atomic E-state index is 0.180. The summed E-state index contributed by atoms with van der Waals surface area (Å²) in [5, 5.41) is 6.61. The third-order valence-corrected chi connectivity index (χ3v) is 4.56. The Morgan fingerprint density at radius 2 is 1.88 bits per heavy atom. The lowest BCUT2D eigenvalue weighted by molar-refractivity contribution is 0.103. The summed E-state index contributed by atoms with van der Waals surface area (Å²) >= 11 is 1.26. The molecule has 25 heavy (non-hydrogen) atoms. The molecular weight excluding hydrogens is 334 g/mol. The molecule has 0 saturated carbocycles. The monoisotopic (exact) mass is 353 g/mol. The number of nitrogen functional groups attached to an aromatic ring is 1. The quantitative estimate of drug-likeness (QED) is 0.658. The van der Waals surface area contributed by atoms with Crippen molar-refractivity contribution in [2.45, 2.75) is 20.8 Å². The standard InChI is InChI=1S/C18H19N5OS/c1-10-7-11(2)16(12(3)8-10)23-17(24)13-9-20-18(25-13)22-15-6-4-5-14(19)21-15/h4-9H,1-3H3,(H,23,24)(H3,19,20,21,22). The molecule has 128 valence electrons. The second kappa shape index (κ2) is 6.90. The number of nitrogens with zero attached hydrogens (tertiary/aromatic N) is 2. The largest absolute Gasteiger partial charge is 0.384 e. The molecule has 0 unspecified atom stereocenters.